The molecule has 0 bridgehead atoms. The second-order valence-electron chi connectivity index (χ2n) is 5.86. The van der Waals surface area contributed by atoms with Gasteiger partial charge < -0.3 is 5.11 Å². The molecule has 0 unspecified atom stereocenters. The second kappa shape index (κ2) is 17.8. The Bertz CT molecular complexity index is 336. The SMILES string of the molecule is CCCCCCCCCCC=C=CCCCCC=CC(=O)O. The van der Waals surface area contributed by atoms with Crippen LogP contribution < -0.4 is 0 Å². The van der Waals surface area contributed by atoms with Gasteiger partial charge in [0.25, 0.3) is 0 Å². The minimum Gasteiger partial charge on any atom is -0.478 e. The van der Waals surface area contributed by atoms with Crippen LogP contribution in [0.3, 0.4) is 0 Å². The van der Waals surface area contributed by atoms with Crippen LogP contribution in [0.2, 0.25) is 0 Å². The summed E-state index contributed by atoms with van der Waals surface area (Å²) in [6.07, 6.45) is 23.3. The van der Waals surface area contributed by atoms with Crippen molar-refractivity contribution in [2.75, 3.05) is 0 Å². The monoisotopic (exact) mass is 306 g/mol. The zero-order valence-electron chi connectivity index (χ0n) is 14.4. The third-order valence-electron chi connectivity index (χ3n) is 3.67. The lowest BCUT2D eigenvalue weighted by Crippen LogP contribution is -1.85. The standard InChI is InChI=1S/C20H34O2/c1-2-3-4-5-6-7-8-9-10-11-12-13-14-15-16-17-18-19-20(21)22/h11,13,18-19H,2-10,14-17H2,1H3,(H,21,22). The predicted molar refractivity (Wildman–Crippen MR) is 95.1 cm³/mol. The molecule has 0 aromatic carbocycles. The summed E-state index contributed by atoms with van der Waals surface area (Å²) in [5, 5.41) is 8.43. The Morgan fingerprint density at radius 2 is 1.32 bits per heavy atom. The quantitative estimate of drug-likeness (QED) is 0.215. The first-order chi connectivity index (χ1) is 10.8. The van der Waals surface area contributed by atoms with Crippen molar-refractivity contribution in [3.8, 4) is 0 Å². The molecule has 126 valence electrons. The fourth-order valence-electron chi connectivity index (χ4n) is 2.32. The minimum atomic E-state index is -0.858. The molecule has 2 heteroatoms. The summed E-state index contributed by atoms with van der Waals surface area (Å²) in [7, 11) is 0. The molecule has 0 fully saturated rings. The van der Waals surface area contributed by atoms with Gasteiger partial charge in [-0.2, -0.15) is 0 Å². The molecular formula is C20H34O2. The number of rotatable bonds is 15. The van der Waals surface area contributed by atoms with Crippen molar-refractivity contribution in [1.29, 1.82) is 0 Å². The average molecular weight is 306 g/mol. The third-order valence-corrected chi connectivity index (χ3v) is 3.67. The number of aliphatic carboxylic acids is 1. The van der Waals surface area contributed by atoms with E-state index in [-0.39, 0.29) is 0 Å². The van der Waals surface area contributed by atoms with Crippen molar-refractivity contribution in [2.45, 2.75) is 90.4 Å². The largest absolute Gasteiger partial charge is 0.478 e. The van der Waals surface area contributed by atoms with Crippen molar-refractivity contribution >= 4 is 5.97 Å². The van der Waals surface area contributed by atoms with Gasteiger partial charge in [-0.3, -0.25) is 0 Å². The fraction of sp³-hybridized carbons (Fsp3) is 0.700. The molecule has 0 radical (unpaired) electrons. The van der Waals surface area contributed by atoms with Crippen LogP contribution in [0.25, 0.3) is 0 Å². The maximum absolute atomic E-state index is 10.3. The van der Waals surface area contributed by atoms with E-state index in [1.165, 1.54) is 57.4 Å². The van der Waals surface area contributed by atoms with Crippen LogP contribution in [0, 0.1) is 0 Å². The lowest BCUT2D eigenvalue weighted by Gasteiger charge is -1.99. The summed E-state index contributed by atoms with van der Waals surface area (Å²) >= 11 is 0. The van der Waals surface area contributed by atoms with Gasteiger partial charge in [0.15, 0.2) is 0 Å². The second-order valence-corrected chi connectivity index (χ2v) is 5.86. The normalized spacial score (nSPS) is 10.6. The summed E-state index contributed by atoms with van der Waals surface area (Å²) in [6, 6.07) is 0. The molecule has 0 aromatic rings. The predicted octanol–water partition coefficient (Wildman–Crippen LogP) is 6.43. The van der Waals surface area contributed by atoms with Crippen LogP contribution in [-0.2, 0) is 4.79 Å². The third kappa shape index (κ3) is 18.7. The van der Waals surface area contributed by atoms with E-state index in [0.717, 1.165) is 32.1 Å². The van der Waals surface area contributed by atoms with Crippen LogP contribution in [-0.4, -0.2) is 11.1 Å². The van der Waals surface area contributed by atoms with E-state index < -0.39 is 5.97 Å². The summed E-state index contributed by atoms with van der Waals surface area (Å²) in [4.78, 5) is 10.3. The van der Waals surface area contributed by atoms with E-state index in [0.29, 0.717) is 0 Å². The fourth-order valence-corrected chi connectivity index (χ4v) is 2.32. The highest BCUT2D eigenvalue weighted by molar-refractivity contribution is 5.79. The van der Waals surface area contributed by atoms with Gasteiger partial charge in [0.2, 0.25) is 0 Å². The zero-order chi connectivity index (χ0) is 16.3. The van der Waals surface area contributed by atoms with Crippen molar-refractivity contribution < 1.29 is 9.90 Å². The van der Waals surface area contributed by atoms with Gasteiger partial charge >= 0.3 is 5.97 Å². The molecule has 0 aliphatic heterocycles. The summed E-state index contributed by atoms with van der Waals surface area (Å²) in [5.41, 5.74) is 3.25. The van der Waals surface area contributed by atoms with Crippen molar-refractivity contribution in [2.24, 2.45) is 0 Å². The number of carboxylic acids is 1. The van der Waals surface area contributed by atoms with Gasteiger partial charge in [0.1, 0.15) is 0 Å². The van der Waals surface area contributed by atoms with E-state index >= 15 is 0 Å². The number of allylic oxidation sites excluding steroid dienone is 2. The Morgan fingerprint density at radius 1 is 0.818 bits per heavy atom. The number of hydrogen-bond acceptors (Lipinski definition) is 1. The van der Waals surface area contributed by atoms with Gasteiger partial charge in [-0.05, 0) is 50.7 Å². The van der Waals surface area contributed by atoms with Crippen LogP contribution in [0.1, 0.15) is 90.4 Å². The van der Waals surface area contributed by atoms with E-state index in [2.05, 4.69) is 24.8 Å². The van der Waals surface area contributed by atoms with Gasteiger partial charge in [-0.15, -0.1) is 5.73 Å². The Hall–Kier alpha value is -1.27. The van der Waals surface area contributed by atoms with Crippen LogP contribution in [0.15, 0.2) is 30.0 Å². The van der Waals surface area contributed by atoms with Crippen molar-refractivity contribution in [3.05, 3.63) is 30.0 Å². The molecule has 0 spiro atoms. The number of hydrogen-bond donors (Lipinski definition) is 1. The molecule has 0 atom stereocenters. The molecule has 0 aromatic heterocycles. The topological polar surface area (TPSA) is 37.3 Å². The first-order valence-corrected chi connectivity index (χ1v) is 9.06. The number of carbonyl (C=O) groups is 1. The Balaban J connectivity index is 3.26. The van der Waals surface area contributed by atoms with Crippen molar-refractivity contribution in [1.82, 2.24) is 0 Å². The molecule has 0 saturated heterocycles. The van der Waals surface area contributed by atoms with Crippen molar-refractivity contribution in [3.63, 3.8) is 0 Å². The zero-order valence-corrected chi connectivity index (χ0v) is 14.4. The van der Waals surface area contributed by atoms with Crippen LogP contribution in [0.4, 0.5) is 0 Å². The van der Waals surface area contributed by atoms with Gasteiger partial charge in [-0.25, -0.2) is 4.79 Å². The molecule has 0 aliphatic rings. The van der Waals surface area contributed by atoms with E-state index in [1.54, 1.807) is 6.08 Å². The van der Waals surface area contributed by atoms with Crippen LogP contribution in [0.5, 0.6) is 0 Å². The molecular weight excluding hydrogens is 272 g/mol. The average Bonchev–Trinajstić information content (AvgIpc) is 2.50. The van der Waals surface area contributed by atoms with Gasteiger partial charge in [-0.1, -0.05) is 57.9 Å². The summed E-state index contributed by atoms with van der Waals surface area (Å²) in [6.45, 7) is 2.26. The lowest BCUT2D eigenvalue weighted by molar-refractivity contribution is -0.131. The number of carboxylic acid groups (broad SMARTS) is 1. The van der Waals surface area contributed by atoms with E-state index in [1.807, 2.05) is 0 Å². The molecule has 1 N–H and O–H groups in total. The molecule has 0 rings (SSSR count). The van der Waals surface area contributed by atoms with E-state index in [4.69, 9.17) is 5.11 Å². The first kappa shape index (κ1) is 20.7. The maximum atomic E-state index is 10.3. The summed E-state index contributed by atoms with van der Waals surface area (Å²) < 4.78 is 0. The Morgan fingerprint density at radius 3 is 1.91 bits per heavy atom. The highest BCUT2D eigenvalue weighted by atomic mass is 16.4. The molecule has 0 saturated carbocycles. The van der Waals surface area contributed by atoms with Gasteiger partial charge in [0.05, 0.1) is 0 Å². The summed E-state index contributed by atoms with van der Waals surface area (Å²) in [5.74, 6) is -0.858. The molecule has 0 amide bonds. The Labute approximate surface area is 137 Å². The smallest absolute Gasteiger partial charge is 0.327 e. The first-order valence-electron chi connectivity index (χ1n) is 9.06. The molecule has 0 aliphatic carbocycles. The van der Waals surface area contributed by atoms with E-state index in [9.17, 15) is 4.79 Å². The van der Waals surface area contributed by atoms with Crippen LogP contribution >= 0.6 is 0 Å². The minimum absolute atomic E-state index is 0.849. The van der Waals surface area contributed by atoms with Gasteiger partial charge in [0, 0.05) is 6.08 Å². The number of unbranched alkanes of at least 4 members (excludes halogenated alkanes) is 11. The molecule has 22 heavy (non-hydrogen) atoms. The Kier molecular flexibility index (Phi) is 16.8. The highest BCUT2D eigenvalue weighted by Gasteiger charge is 1.90. The highest BCUT2D eigenvalue weighted by Crippen LogP contribution is 2.09. The molecule has 2 nitrogen and oxygen atoms in total. The molecule has 0 heterocycles. The maximum Gasteiger partial charge on any atom is 0.327 e. The lowest BCUT2D eigenvalue weighted by atomic mass is 10.1.